The summed E-state index contributed by atoms with van der Waals surface area (Å²) >= 11 is 0. The van der Waals surface area contributed by atoms with E-state index in [0.29, 0.717) is 29.0 Å². The van der Waals surface area contributed by atoms with Gasteiger partial charge in [-0.05, 0) is 24.3 Å². The maximum atomic E-state index is 11.0. The maximum Gasteiger partial charge on any atom is 0.231 e. The molecular weight excluding hydrogens is 360 g/mol. The van der Waals surface area contributed by atoms with Crippen molar-refractivity contribution in [2.24, 2.45) is 0 Å². The maximum absolute atomic E-state index is 11.0. The minimum atomic E-state index is 0.108. The topological polar surface area (TPSA) is 114 Å². The predicted molar refractivity (Wildman–Crippen MR) is 104 cm³/mol. The Labute approximate surface area is 159 Å². The van der Waals surface area contributed by atoms with Crippen LogP contribution < -0.4 is 15.4 Å². The number of ether oxygens (including phenoxy) is 1. The number of hydrogen-bond donors (Lipinski definition) is 3. The molecule has 0 unspecified atom stereocenters. The summed E-state index contributed by atoms with van der Waals surface area (Å²) < 4.78 is 7.18. The molecule has 140 valence electrons. The normalized spacial score (nSPS) is 10.6. The molecule has 0 radical (unpaired) electrons. The first-order valence-electron chi connectivity index (χ1n) is 8.34. The molecule has 2 heterocycles. The predicted octanol–water partition coefficient (Wildman–Crippen LogP) is 2.84. The van der Waals surface area contributed by atoms with E-state index in [1.165, 1.54) is 6.07 Å². The highest BCUT2D eigenvalue weighted by molar-refractivity contribution is 5.90. The number of benzene rings is 2. The van der Waals surface area contributed by atoms with Crippen molar-refractivity contribution in [2.45, 2.75) is 0 Å². The number of aromatic nitrogens is 4. The van der Waals surface area contributed by atoms with Crippen LogP contribution in [0.15, 0.2) is 54.9 Å². The molecule has 9 nitrogen and oxygen atoms in total. The fourth-order valence-electron chi connectivity index (χ4n) is 2.83. The highest BCUT2D eigenvalue weighted by Crippen LogP contribution is 2.29. The van der Waals surface area contributed by atoms with Crippen molar-refractivity contribution in [3.8, 4) is 17.2 Å². The van der Waals surface area contributed by atoms with Crippen LogP contribution in [0, 0.1) is 0 Å². The minimum absolute atomic E-state index is 0.108. The van der Waals surface area contributed by atoms with Gasteiger partial charge >= 0.3 is 0 Å². The van der Waals surface area contributed by atoms with Crippen LogP contribution in [0.2, 0.25) is 0 Å². The zero-order valence-corrected chi connectivity index (χ0v) is 14.8. The zero-order chi connectivity index (χ0) is 19.5. The fraction of sp³-hybridized carbons (Fsp3) is 0.0526. The molecule has 4 aromatic rings. The summed E-state index contributed by atoms with van der Waals surface area (Å²) in [5.41, 5.74) is 2.25. The number of amides is 1. The van der Waals surface area contributed by atoms with Gasteiger partial charge in [-0.15, -0.1) is 0 Å². The lowest BCUT2D eigenvalue weighted by Crippen LogP contribution is -2.05. The van der Waals surface area contributed by atoms with E-state index in [1.54, 1.807) is 36.2 Å². The minimum Gasteiger partial charge on any atom is -0.508 e. The van der Waals surface area contributed by atoms with Crippen LogP contribution in [-0.2, 0) is 4.79 Å². The molecule has 0 fully saturated rings. The Morgan fingerprint density at radius 1 is 1.14 bits per heavy atom. The molecule has 3 N–H and O–H groups in total. The Bertz CT molecular complexity index is 1160. The van der Waals surface area contributed by atoms with Crippen LogP contribution >= 0.6 is 0 Å². The van der Waals surface area contributed by atoms with Crippen molar-refractivity contribution >= 4 is 35.0 Å². The number of aromatic hydroxyl groups is 1. The molecule has 0 saturated heterocycles. The third-order valence-electron chi connectivity index (χ3n) is 4.04. The van der Waals surface area contributed by atoms with Crippen molar-refractivity contribution in [3.05, 3.63) is 54.9 Å². The van der Waals surface area contributed by atoms with Gasteiger partial charge in [0, 0.05) is 11.8 Å². The summed E-state index contributed by atoms with van der Waals surface area (Å²) in [6, 6.07) is 14.0. The van der Waals surface area contributed by atoms with E-state index in [2.05, 4.69) is 25.6 Å². The van der Waals surface area contributed by atoms with Gasteiger partial charge in [0.2, 0.25) is 12.4 Å². The van der Waals surface area contributed by atoms with Gasteiger partial charge in [-0.25, -0.2) is 4.98 Å². The van der Waals surface area contributed by atoms with Crippen LogP contribution in [0.4, 0.5) is 17.5 Å². The van der Waals surface area contributed by atoms with E-state index in [0.717, 1.165) is 5.69 Å². The summed E-state index contributed by atoms with van der Waals surface area (Å²) in [6.45, 7) is 0. The van der Waals surface area contributed by atoms with Gasteiger partial charge in [0.1, 0.15) is 17.8 Å². The molecule has 0 aliphatic rings. The molecule has 0 aliphatic carbocycles. The van der Waals surface area contributed by atoms with Crippen LogP contribution in [0.3, 0.4) is 0 Å². The van der Waals surface area contributed by atoms with E-state index in [1.807, 2.05) is 24.3 Å². The van der Waals surface area contributed by atoms with E-state index >= 15 is 0 Å². The summed E-state index contributed by atoms with van der Waals surface area (Å²) in [6.07, 6.45) is 2.12. The molecule has 9 heteroatoms. The third-order valence-corrected chi connectivity index (χ3v) is 4.04. The molecule has 0 bridgehead atoms. The fourth-order valence-corrected chi connectivity index (χ4v) is 2.83. The van der Waals surface area contributed by atoms with Crippen LogP contribution in [0.5, 0.6) is 11.5 Å². The average Bonchev–Trinajstić information content (AvgIpc) is 3.12. The molecule has 0 aliphatic heterocycles. The second kappa shape index (κ2) is 7.23. The largest absolute Gasteiger partial charge is 0.508 e. The first kappa shape index (κ1) is 17.3. The zero-order valence-electron chi connectivity index (χ0n) is 14.8. The first-order chi connectivity index (χ1) is 13.7. The number of phenols is 1. The van der Waals surface area contributed by atoms with E-state index < -0.39 is 0 Å². The van der Waals surface area contributed by atoms with Crippen molar-refractivity contribution in [1.29, 1.82) is 0 Å². The average molecular weight is 376 g/mol. The third kappa shape index (κ3) is 3.16. The van der Waals surface area contributed by atoms with E-state index in [-0.39, 0.29) is 17.5 Å². The number of methoxy groups -OCH3 is 1. The SMILES string of the molecule is COc1ccccc1-n1cnc2c(NC=O)nc(Nc3cccc(O)c3)nc21. The lowest BCUT2D eigenvalue weighted by Gasteiger charge is -2.11. The van der Waals surface area contributed by atoms with Gasteiger partial charge < -0.3 is 20.5 Å². The Hall–Kier alpha value is -4.14. The number of fused-ring (bicyclic) bond motifs is 1. The van der Waals surface area contributed by atoms with Crippen molar-refractivity contribution in [3.63, 3.8) is 0 Å². The number of hydrogen-bond acceptors (Lipinski definition) is 7. The van der Waals surface area contributed by atoms with Crippen molar-refractivity contribution < 1.29 is 14.6 Å². The molecule has 0 saturated carbocycles. The van der Waals surface area contributed by atoms with Crippen LogP contribution in [0.25, 0.3) is 16.9 Å². The Morgan fingerprint density at radius 2 is 2.00 bits per heavy atom. The highest BCUT2D eigenvalue weighted by atomic mass is 16.5. The molecule has 4 rings (SSSR count). The van der Waals surface area contributed by atoms with Crippen LogP contribution in [-0.4, -0.2) is 38.1 Å². The van der Waals surface area contributed by atoms with Crippen molar-refractivity contribution in [2.75, 3.05) is 17.7 Å². The summed E-state index contributed by atoms with van der Waals surface area (Å²) in [7, 11) is 1.58. The van der Waals surface area contributed by atoms with Gasteiger partial charge in [0.15, 0.2) is 17.0 Å². The van der Waals surface area contributed by atoms with Gasteiger partial charge in [0.05, 0.1) is 12.8 Å². The number of carbonyl (C=O) groups is 1. The number of phenolic OH excluding ortho intramolecular Hbond substituents is 1. The smallest absolute Gasteiger partial charge is 0.231 e. The number of para-hydroxylation sites is 2. The van der Waals surface area contributed by atoms with Gasteiger partial charge in [-0.1, -0.05) is 18.2 Å². The van der Waals surface area contributed by atoms with E-state index in [9.17, 15) is 9.90 Å². The van der Waals surface area contributed by atoms with Gasteiger partial charge in [0.25, 0.3) is 0 Å². The van der Waals surface area contributed by atoms with Gasteiger partial charge in [-0.2, -0.15) is 9.97 Å². The van der Waals surface area contributed by atoms with Crippen molar-refractivity contribution in [1.82, 2.24) is 19.5 Å². The number of nitrogens with zero attached hydrogens (tertiary/aromatic N) is 4. The molecular formula is C19H16N6O3. The monoisotopic (exact) mass is 376 g/mol. The summed E-state index contributed by atoms with van der Waals surface area (Å²) in [4.78, 5) is 24.2. The first-order valence-corrected chi connectivity index (χ1v) is 8.34. The Balaban J connectivity index is 1.87. The number of carbonyl (C=O) groups excluding carboxylic acids is 1. The Kier molecular flexibility index (Phi) is 4.47. The molecule has 0 atom stereocenters. The molecule has 2 aromatic carbocycles. The number of rotatable bonds is 6. The molecule has 1 amide bonds. The number of nitrogens with one attached hydrogen (secondary N) is 2. The second-order valence-electron chi connectivity index (χ2n) is 5.79. The summed E-state index contributed by atoms with van der Waals surface area (Å²) in [5.74, 6) is 1.25. The second-order valence-corrected chi connectivity index (χ2v) is 5.79. The summed E-state index contributed by atoms with van der Waals surface area (Å²) in [5, 5.41) is 15.2. The van der Waals surface area contributed by atoms with E-state index in [4.69, 9.17) is 4.74 Å². The highest BCUT2D eigenvalue weighted by Gasteiger charge is 2.16. The standard InChI is InChI=1S/C19H16N6O3/c1-28-15-8-3-2-7-14(15)25-10-20-16-17(21-11-26)23-19(24-18(16)25)22-12-5-4-6-13(27)9-12/h2-11,27H,1H3,(H2,21,22,23,24,26). The number of imidazole rings is 1. The quantitative estimate of drug-likeness (QED) is 0.443. The van der Waals surface area contributed by atoms with Gasteiger partial charge in [-0.3, -0.25) is 9.36 Å². The molecule has 28 heavy (non-hydrogen) atoms. The lowest BCUT2D eigenvalue weighted by molar-refractivity contribution is -0.105. The Morgan fingerprint density at radius 3 is 2.79 bits per heavy atom. The van der Waals surface area contributed by atoms with Crippen LogP contribution in [0.1, 0.15) is 0 Å². The molecule has 2 aromatic heterocycles. The molecule has 0 spiro atoms. The lowest BCUT2D eigenvalue weighted by atomic mass is 10.3. The number of anilines is 3.